The van der Waals surface area contributed by atoms with E-state index in [1.165, 1.54) is 0 Å². The number of anilines is 3. The van der Waals surface area contributed by atoms with E-state index in [2.05, 4.69) is 15.1 Å². The van der Waals surface area contributed by atoms with Crippen molar-refractivity contribution in [2.75, 3.05) is 74.3 Å². The molecule has 2 saturated heterocycles. The van der Waals surface area contributed by atoms with Gasteiger partial charge in [0.2, 0.25) is 5.95 Å². The van der Waals surface area contributed by atoms with Crippen LogP contribution in [0.4, 0.5) is 22.4 Å². The van der Waals surface area contributed by atoms with Crippen molar-refractivity contribution in [1.82, 2.24) is 9.97 Å². The first-order valence-electron chi connectivity index (χ1n) is 12.2. The molecule has 0 radical (unpaired) electrons. The van der Waals surface area contributed by atoms with E-state index in [0.717, 1.165) is 16.9 Å². The summed E-state index contributed by atoms with van der Waals surface area (Å²) in [7, 11) is 0. The molecule has 1 atom stereocenters. The quantitative estimate of drug-likeness (QED) is 0.592. The van der Waals surface area contributed by atoms with Crippen molar-refractivity contribution in [3.05, 3.63) is 51.9 Å². The lowest BCUT2D eigenvalue weighted by atomic mass is 9.86. The first kappa shape index (κ1) is 24.6. The molecule has 2 fully saturated rings. The number of nitrogens with one attached hydrogen (secondary N) is 1. The molecule has 2 aromatic rings. The van der Waals surface area contributed by atoms with Gasteiger partial charge < -0.3 is 34.1 Å². The van der Waals surface area contributed by atoms with Crippen molar-refractivity contribution in [1.29, 1.82) is 0 Å². The van der Waals surface area contributed by atoms with Gasteiger partial charge in [-0.15, -0.1) is 0 Å². The van der Waals surface area contributed by atoms with Crippen molar-refractivity contribution in [2.24, 2.45) is 0 Å². The summed E-state index contributed by atoms with van der Waals surface area (Å²) in [6.07, 6.45) is -0.770. The van der Waals surface area contributed by atoms with Crippen LogP contribution in [0.25, 0.3) is 0 Å². The van der Waals surface area contributed by atoms with Gasteiger partial charge in [-0.05, 0) is 25.5 Å². The molecule has 3 aliphatic heterocycles. The third-order valence-electron chi connectivity index (χ3n) is 6.42. The highest BCUT2D eigenvalue weighted by Crippen LogP contribution is 2.47. The normalized spacial score (nSPS) is 20.0. The Kier molecular flexibility index (Phi) is 7.45. The summed E-state index contributed by atoms with van der Waals surface area (Å²) in [5.41, 5.74) is 2.24. The lowest BCUT2D eigenvalue weighted by Gasteiger charge is -2.37. The summed E-state index contributed by atoms with van der Waals surface area (Å²) in [5.74, 6) is 1.94. The Hall–Kier alpha value is -3.08. The summed E-state index contributed by atoms with van der Waals surface area (Å²) < 4.78 is 22.0. The van der Waals surface area contributed by atoms with E-state index in [0.29, 0.717) is 80.9 Å². The highest BCUT2D eigenvalue weighted by atomic mass is 35.5. The summed E-state index contributed by atoms with van der Waals surface area (Å²) in [6, 6.07) is 7.55. The van der Waals surface area contributed by atoms with Crippen LogP contribution in [0, 0.1) is 0 Å². The minimum Gasteiger partial charge on any atom is -0.434 e. The summed E-state index contributed by atoms with van der Waals surface area (Å²) >= 11 is 6.71. The van der Waals surface area contributed by atoms with Gasteiger partial charge in [0.05, 0.1) is 50.2 Å². The average Bonchev–Trinajstić information content (AvgIpc) is 2.90. The van der Waals surface area contributed by atoms with Crippen LogP contribution in [0.5, 0.6) is 0 Å². The van der Waals surface area contributed by atoms with E-state index in [4.69, 9.17) is 40.5 Å². The molecule has 1 unspecified atom stereocenters. The third kappa shape index (κ3) is 4.93. The predicted molar refractivity (Wildman–Crippen MR) is 136 cm³/mol. The van der Waals surface area contributed by atoms with Gasteiger partial charge >= 0.3 is 6.16 Å². The number of benzene rings is 1. The number of fused-ring (bicyclic) bond motifs is 1. The number of aromatic nitrogens is 2. The predicted octanol–water partition coefficient (Wildman–Crippen LogP) is 3.77. The largest absolute Gasteiger partial charge is 0.513 e. The molecular weight excluding hydrogens is 486 g/mol. The zero-order chi connectivity index (χ0) is 25.1. The Morgan fingerprint density at radius 3 is 2.42 bits per heavy atom. The number of hydrogen-bond acceptors (Lipinski definition) is 10. The fraction of sp³-hybridized carbons (Fsp3) is 0.480. The Bertz CT molecular complexity index is 1150. The Labute approximate surface area is 215 Å². The second-order valence-electron chi connectivity index (χ2n) is 8.66. The van der Waals surface area contributed by atoms with Crippen molar-refractivity contribution < 1.29 is 23.7 Å². The molecule has 0 spiro atoms. The molecule has 0 aliphatic carbocycles. The lowest BCUT2D eigenvalue weighted by molar-refractivity contribution is 0.0777. The smallest absolute Gasteiger partial charge is 0.434 e. The van der Waals surface area contributed by atoms with Crippen LogP contribution >= 0.6 is 11.6 Å². The Morgan fingerprint density at radius 1 is 1.08 bits per heavy atom. The van der Waals surface area contributed by atoms with Crippen molar-refractivity contribution >= 4 is 35.3 Å². The van der Waals surface area contributed by atoms with Crippen LogP contribution in [-0.4, -0.2) is 75.3 Å². The van der Waals surface area contributed by atoms with Gasteiger partial charge in [0.25, 0.3) is 0 Å². The van der Waals surface area contributed by atoms with Gasteiger partial charge in [-0.25, -0.2) is 4.79 Å². The molecule has 10 nitrogen and oxygen atoms in total. The highest BCUT2D eigenvalue weighted by Gasteiger charge is 2.38. The number of nitrogens with zero attached hydrogens (tertiary/aromatic N) is 4. The van der Waals surface area contributed by atoms with Crippen LogP contribution in [0.3, 0.4) is 0 Å². The maximum absolute atomic E-state index is 12.5. The van der Waals surface area contributed by atoms with Gasteiger partial charge in [-0.2, -0.15) is 9.97 Å². The summed E-state index contributed by atoms with van der Waals surface area (Å²) in [6.45, 7) is 9.01. The number of hydrogen-bond donors (Lipinski definition) is 1. The second kappa shape index (κ2) is 10.9. The number of halogens is 1. The molecule has 0 amide bonds. The first-order valence-corrected chi connectivity index (χ1v) is 12.6. The Balaban J connectivity index is 1.69. The second-order valence-corrected chi connectivity index (χ2v) is 9.07. The SMILES string of the molecule is CCOC(=O)OC1=C(C)Nc2nc(N3CCOCC3)nc(N3CCOCC3)c2C1c1ccccc1Cl. The number of carbonyl (C=O) groups is 1. The van der Waals surface area contributed by atoms with Gasteiger partial charge in [-0.1, -0.05) is 29.8 Å². The van der Waals surface area contributed by atoms with E-state index in [1.807, 2.05) is 31.2 Å². The maximum Gasteiger partial charge on any atom is 0.513 e. The van der Waals surface area contributed by atoms with Gasteiger partial charge in [0, 0.05) is 31.2 Å². The minimum absolute atomic E-state index is 0.205. The molecule has 1 aromatic carbocycles. The number of morpholine rings is 2. The highest BCUT2D eigenvalue weighted by molar-refractivity contribution is 6.31. The number of rotatable bonds is 5. The molecule has 11 heteroatoms. The molecule has 4 heterocycles. The fourth-order valence-electron chi connectivity index (χ4n) is 4.69. The van der Waals surface area contributed by atoms with Crippen LogP contribution < -0.4 is 15.1 Å². The van der Waals surface area contributed by atoms with Crippen molar-refractivity contribution in [3.8, 4) is 0 Å². The molecular formula is C25H30ClN5O5. The van der Waals surface area contributed by atoms with Gasteiger partial charge in [0.1, 0.15) is 17.4 Å². The Morgan fingerprint density at radius 2 is 1.75 bits per heavy atom. The molecule has 192 valence electrons. The molecule has 1 N–H and O–H groups in total. The van der Waals surface area contributed by atoms with E-state index in [9.17, 15) is 4.79 Å². The maximum atomic E-state index is 12.5. The standard InChI is InChI=1S/C25H30ClN5O5/c1-3-35-25(32)36-21-16(2)27-22-20(19(21)17-6-4-5-7-18(17)26)23(30-8-12-33-13-9-30)29-24(28-22)31-10-14-34-15-11-31/h4-7,19H,3,8-15H2,1-2H3,(H,27,28,29). The molecule has 0 bridgehead atoms. The topological polar surface area (TPSA) is 98.3 Å². The molecule has 5 rings (SSSR count). The van der Waals surface area contributed by atoms with E-state index in [1.54, 1.807) is 6.92 Å². The first-order chi connectivity index (χ1) is 17.6. The lowest BCUT2D eigenvalue weighted by Crippen LogP contribution is -2.41. The zero-order valence-electron chi connectivity index (χ0n) is 20.5. The van der Waals surface area contributed by atoms with Crippen LogP contribution in [-0.2, 0) is 18.9 Å². The average molecular weight is 516 g/mol. The molecule has 3 aliphatic rings. The number of carbonyl (C=O) groups excluding carboxylic acids is 1. The summed E-state index contributed by atoms with van der Waals surface area (Å²) in [4.78, 5) is 26.8. The number of ether oxygens (including phenoxy) is 4. The molecule has 36 heavy (non-hydrogen) atoms. The third-order valence-corrected chi connectivity index (χ3v) is 6.76. The van der Waals surface area contributed by atoms with Crippen LogP contribution in [0.1, 0.15) is 30.9 Å². The fourth-order valence-corrected chi connectivity index (χ4v) is 4.94. The number of allylic oxidation sites excluding steroid dienone is 2. The van der Waals surface area contributed by atoms with Gasteiger partial charge in [-0.3, -0.25) is 0 Å². The minimum atomic E-state index is -0.770. The molecule has 0 saturated carbocycles. The summed E-state index contributed by atoms with van der Waals surface area (Å²) in [5, 5.41) is 3.93. The monoisotopic (exact) mass is 515 g/mol. The van der Waals surface area contributed by atoms with Crippen LogP contribution in [0.15, 0.2) is 35.7 Å². The van der Waals surface area contributed by atoms with E-state index >= 15 is 0 Å². The molecule has 1 aromatic heterocycles. The van der Waals surface area contributed by atoms with Crippen molar-refractivity contribution in [2.45, 2.75) is 19.8 Å². The van der Waals surface area contributed by atoms with Crippen molar-refractivity contribution in [3.63, 3.8) is 0 Å². The van der Waals surface area contributed by atoms with E-state index in [-0.39, 0.29) is 6.61 Å². The van der Waals surface area contributed by atoms with Crippen LogP contribution in [0.2, 0.25) is 5.02 Å². The zero-order valence-corrected chi connectivity index (χ0v) is 21.2. The van der Waals surface area contributed by atoms with E-state index < -0.39 is 12.1 Å². The van der Waals surface area contributed by atoms with Gasteiger partial charge in [0.15, 0.2) is 0 Å².